The van der Waals surface area contributed by atoms with E-state index in [2.05, 4.69) is 0 Å². The molecule has 0 radical (unpaired) electrons. The van der Waals surface area contributed by atoms with Crippen molar-refractivity contribution < 1.29 is 17.9 Å². The van der Waals surface area contributed by atoms with Crippen LogP contribution in [0.5, 0.6) is 5.75 Å². The van der Waals surface area contributed by atoms with Crippen LogP contribution in [-0.4, -0.2) is 27.7 Å². The second kappa shape index (κ2) is 3.93. The van der Waals surface area contributed by atoms with E-state index in [-0.39, 0.29) is 11.0 Å². The number of nitrogens with two attached hydrogens (primary N) is 2. The summed E-state index contributed by atoms with van der Waals surface area (Å²) in [5, 5.41) is 5.00. The molecule has 0 spiro atoms. The largest absolute Gasteiger partial charge is 0.483 e. The first-order valence-corrected chi connectivity index (χ1v) is 6.18. The molecule has 7 heteroatoms. The number of ether oxygens (including phenoxy) is 2. The zero-order valence-electron chi connectivity index (χ0n) is 8.42. The number of anilines is 1. The van der Waals surface area contributed by atoms with Gasteiger partial charge in [-0.1, -0.05) is 0 Å². The topological polar surface area (TPSA) is 105 Å². The van der Waals surface area contributed by atoms with Crippen molar-refractivity contribution in [3.8, 4) is 5.75 Å². The van der Waals surface area contributed by atoms with Gasteiger partial charge in [-0.3, -0.25) is 0 Å². The highest BCUT2D eigenvalue weighted by Gasteiger charge is 2.21. The fourth-order valence-corrected chi connectivity index (χ4v) is 1.78. The fraction of sp³-hybridized carbons (Fsp3) is 0.333. The average Bonchev–Trinajstić information content (AvgIpc) is 2.11. The van der Waals surface area contributed by atoms with Crippen molar-refractivity contribution in [3.05, 3.63) is 18.2 Å². The van der Waals surface area contributed by atoms with Crippen molar-refractivity contribution in [2.24, 2.45) is 5.14 Å². The van der Waals surface area contributed by atoms with E-state index in [1.54, 1.807) is 0 Å². The zero-order valence-corrected chi connectivity index (χ0v) is 9.24. The second-order valence-electron chi connectivity index (χ2n) is 3.52. The molecule has 0 atom stereocenters. The lowest BCUT2D eigenvalue weighted by Crippen LogP contribution is -2.38. The van der Waals surface area contributed by atoms with Gasteiger partial charge in [-0.05, 0) is 12.1 Å². The molecule has 0 saturated carbocycles. The molecule has 0 aliphatic carbocycles. The van der Waals surface area contributed by atoms with E-state index in [4.69, 9.17) is 20.3 Å². The Bertz CT molecular complexity index is 496. The Kier molecular flexibility index (Phi) is 2.75. The number of rotatable bonds is 3. The van der Waals surface area contributed by atoms with E-state index in [1.165, 1.54) is 18.2 Å². The molecule has 1 fully saturated rings. The van der Waals surface area contributed by atoms with Gasteiger partial charge in [0, 0.05) is 6.07 Å². The lowest BCUT2D eigenvalue weighted by molar-refractivity contribution is -0.0794. The Morgan fingerprint density at radius 2 is 2.06 bits per heavy atom. The smallest absolute Gasteiger partial charge is 0.238 e. The van der Waals surface area contributed by atoms with Crippen molar-refractivity contribution in [1.29, 1.82) is 0 Å². The second-order valence-corrected chi connectivity index (χ2v) is 5.08. The zero-order chi connectivity index (χ0) is 11.8. The molecule has 1 aromatic rings. The predicted octanol–water partition coefficient (Wildman–Crippen LogP) is -0.306. The van der Waals surface area contributed by atoms with Gasteiger partial charge in [0.15, 0.2) is 0 Å². The maximum atomic E-state index is 11.1. The first kappa shape index (κ1) is 11.2. The SMILES string of the molecule is Nc1ccc(S(N)(=O)=O)cc1OC1COC1. The molecule has 0 unspecified atom stereocenters. The molecule has 1 aliphatic rings. The van der Waals surface area contributed by atoms with Gasteiger partial charge in [0.2, 0.25) is 10.0 Å². The highest BCUT2D eigenvalue weighted by molar-refractivity contribution is 7.89. The quantitative estimate of drug-likeness (QED) is 0.710. The predicted molar refractivity (Wildman–Crippen MR) is 57.5 cm³/mol. The molecular weight excluding hydrogens is 232 g/mol. The summed E-state index contributed by atoms with van der Waals surface area (Å²) in [6.07, 6.45) is -0.0713. The Morgan fingerprint density at radius 3 is 2.56 bits per heavy atom. The molecule has 1 saturated heterocycles. The molecule has 88 valence electrons. The van der Waals surface area contributed by atoms with E-state index in [1.807, 2.05) is 0 Å². The van der Waals surface area contributed by atoms with Crippen molar-refractivity contribution in [2.75, 3.05) is 18.9 Å². The van der Waals surface area contributed by atoms with Crippen LogP contribution in [0.1, 0.15) is 0 Å². The monoisotopic (exact) mass is 244 g/mol. The van der Waals surface area contributed by atoms with Gasteiger partial charge in [-0.2, -0.15) is 0 Å². The van der Waals surface area contributed by atoms with Crippen LogP contribution in [0.2, 0.25) is 0 Å². The van der Waals surface area contributed by atoms with Gasteiger partial charge in [-0.25, -0.2) is 13.6 Å². The average molecular weight is 244 g/mol. The summed E-state index contributed by atoms with van der Waals surface area (Å²) < 4.78 is 32.6. The van der Waals surface area contributed by atoms with Crippen LogP contribution in [0.4, 0.5) is 5.69 Å². The lowest BCUT2D eigenvalue weighted by atomic mass is 10.2. The lowest BCUT2D eigenvalue weighted by Gasteiger charge is -2.27. The van der Waals surface area contributed by atoms with Gasteiger partial charge < -0.3 is 15.2 Å². The summed E-state index contributed by atoms with van der Waals surface area (Å²) in [5.74, 6) is 0.319. The highest BCUT2D eigenvalue weighted by Crippen LogP contribution is 2.26. The standard InChI is InChI=1S/C9H12N2O4S/c10-8-2-1-7(16(11,12)13)3-9(8)15-6-4-14-5-6/h1-3,6H,4-5,10H2,(H2,11,12,13). The minimum absolute atomic E-state index is 0.0167. The first-order valence-electron chi connectivity index (χ1n) is 4.63. The van der Waals surface area contributed by atoms with Crippen molar-refractivity contribution >= 4 is 15.7 Å². The van der Waals surface area contributed by atoms with Crippen LogP contribution < -0.4 is 15.6 Å². The number of hydrogen-bond donors (Lipinski definition) is 2. The molecule has 1 aromatic carbocycles. The summed E-state index contributed by atoms with van der Waals surface area (Å²) in [5.41, 5.74) is 6.03. The molecule has 6 nitrogen and oxygen atoms in total. The van der Waals surface area contributed by atoms with Gasteiger partial charge in [0.1, 0.15) is 11.9 Å². The molecule has 1 aliphatic heterocycles. The van der Waals surface area contributed by atoms with E-state index < -0.39 is 10.0 Å². The molecular formula is C9H12N2O4S. The minimum atomic E-state index is -3.73. The number of nitrogen functional groups attached to an aromatic ring is 1. The molecule has 1 heterocycles. The summed E-state index contributed by atoms with van der Waals surface area (Å²) in [4.78, 5) is -0.0167. The van der Waals surface area contributed by atoms with Gasteiger partial charge in [0.05, 0.1) is 23.8 Å². The van der Waals surface area contributed by atoms with E-state index >= 15 is 0 Å². The summed E-state index contributed by atoms with van der Waals surface area (Å²) >= 11 is 0. The van der Waals surface area contributed by atoms with Crippen LogP contribution in [0.25, 0.3) is 0 Å². The maximum absolute atomic E-state index is 11.1. The fourth-order valence-electron chi connectivity index (χ4n) is 1.26. The molecule has 0 amide bonds. The Morgan fingerprint density at radius 1 is 1.38 bits per heavy atom. The van der Waals surface area contributed by atoms with Crippen LogP contribution in [0.3, 0.4) is 0 Å². The van der Waals surface area contributed by atoms with Gasteiger partial charge in [-0.15, -0.1) is 0 Å². The van der Waals surface area contributed by atoms with Gasteiger partial charge in [0.25, 0.3) is 0 Å². The molecule has 4 N–H and O–H groups in total. The maximum Gasteiger partial charge on any atom is 0.238 e. The summed E-state index contributed by atoms with van der Waals surface area (Å²) in [6, 6.07) is 4.12. The normalized spacial score (nSPS) is 16.8. The molecule has 0 bridgehead atoms. The highest BCUT2D eigenvalue weighted by atomic mass is 32.2. The van der Waals surface area contributed by atoms with Crippen molar-refractivity contribution in [1.82, 2.24) is 0 Å². The van der Waals surface area contributed by atoms with Crippen molar-refractivity contribution in [3.63, 3.8) is 0 Å². The molecule has 16 heavy (non-hydrogen) atoms. The number of hydrogen-bond acceptors (Lipinski definition) is 5. The van der Waals surface area contributed by atoms with Crippen LogP contribution >= 0.6 is 0 Å². The van der Waals surface area contributed by atoms with E-state index in [9.17, 15) is 8.42 Å². The Balaban J connectivity index is 2.28. The summed E-state index contributed by atoms with van der Waals surface area (Å²) in [7, 11) is -3.73. The van der Waals surface area contributed by atoms with Gasteiger partial charge >= 0.3 is 0 Å². The van der Waals surface area contributed by atoms with Crippen molar-refractivity contribution in [2.45, 2.75) is 11.0 Å². The molecule has 2 rings (SSSR count). The number of benzene rings is 1. The minimum Gasteiger partial charge on any atom is -0.483 e. The Labute approximate surface area is 93.2 Å². The summed E-state index contributed by atoms with van der Waals surface area (Å²) in [6.45, 7) is 0.970. The van der Waals surface area contributed by atoms with Crippen LogP contribution in [0.15, 0.2) is 23.1 Å². The third-order valence-electron chi connectivity index (χ3n) is 2.21. The Hall–Kier alpha value is -1.31. The molecule has 0 aromatic heterocycles. The van der Waals surface area contributed by atoms with E-state index in [0.717, 1.165) is 0 Å². The third-order valence-corrected chi connectivity index (χ3v) is 3.13. The number of sulfonamides is 1. The third kappa shape index (κ3) is 2.26. The van der Waals surface area contributed by atoms with Crippen LogP contribution in [-0.2, 0) is 14.8 Å². The van der Waals surface area contributed by atoms with Crippen LogP contribution in [0, 0.1) is 0 Å². The first-order chi connectivity index (χ1) is 7.47. The van der Waals surface area contributed by atoms with E-state index in [0.29, 0.717) is 24.7 Å². The number of primary sulfonamides is 1.